The predicted octanol–water partition coefficient (Wildman–Crippen LogP) is 2.79. The fourth-order valence-corrected chi connectivity index (χ4v) is 1.79. The number of carboxylic acid groups (broad SMARTS) is 1. The molecule has 1 aromatic heterocycles. The highest BCUT2D eigenvalue weighted by Gasteiger charge is 2.24. The molecule has 0 saturated carbocycles. The third-order valence-electron chi connectivity index (χ3n) is 2.62. The lowest BCUT2D eigenvalue weighted by Crippen LogP contribution is -2.18. The summed E-state index contributed by atoms with van der Waals surface area (Å²) in [6.07, 6.45) is 1.40. The average Bonchev–Trinajstić information content (AvgIpc) is 2.32. The van der Waals surface area contributed by atoms with Gasteiger partial charge in [-0.15, -0.1) is 0 Å². The summed E-state index contributed by atoms with van der Waals surface area (Å²) in [4.78, 5) is 19.8. The van der Waals surface area contributed by atoms with E-state index in [9.17, 15) is 9.90 Å². The van der Waals surface area contributed by atoms with Crippen LogP contribution in [0, 0.1) is 12.8 Å². The lowest BCUT2D eigenvalue weighted by atomic mass is 9.96. The Kier molecular flexibility index (Phi) is 5.73. The average molecular weight is 266 g/mol. The van der Waals surface area contributed by atoms with Crippen molar-refractivity contribution in [3.63, 3.8) is 0 Å². The van der Waals surface area contributed by atoms with Crippen molar-refractivity contribution >= 4 is 5.97 Å². The number of nitrogens with zero attached hydrogens (tertiary/aromatic N) is 2. The van der Waals surface area contributed by atoms with Gasteiger partial charge < -0.3 is 9.84 Å². The minimum atomic E-state index is -0.888. The van der Waals surface area contributed by atoms with E-state index in [2.05, 4.69) is 9.97 Å². The highest BCUT2D eigenvalue weighted by atomic mass is 16.5. The van der Waals surface area contributed by atoms with Crippen molar-refractivity contribution in [3.05, 3.63) is 17.6 Å². The number of carboxylic acids is 1. The Labute approximate surface area is 114 Å². The normalized spacial score (nSPS) is 12.5. The predicted molar refractivity (Wildman–Crippen MR) is 72.4 cm³/mol. The Morgan fingerprint density at radius 2 is 2.11 bits per heavy atom. The molecule has 5 heteroatoms. The van der Waals surface area contributed by atoms with Crippen LogP contribution in [0.4, 0.5) is 0 Å². The number of hydrogen-bond donors (Lipinski definition) is 1. The molecule has 0 spiro atoms. The SMILES string of the molecule is CCCOc1cc(C)nc(C(CC(C)C)C(=O)O)n1. The van der Waals surface area contributed by atoms with Crippen LogP contribution >= 0.6 is 0 Å². The molecule has 106 valence electrons. The van der Waals surface area contributed by atoms with Crippen molar-refractivity contribution in [2.75, 3.05) is 6.61 Å². The zero-order valence-electron chi connectivity index (χ0n) is 12.0. The molecule has 0 aliphatic carbocycles. The van der Waals surface area contributed by atoms with Crippen LogP contribution < -0.4 is 4.74 Å². The van der Waals surface area contributed by atoms with Gasteiger partial charge >= 0.3 is 5.97 Å². The molecule has 1 unspecified atom stereocenters. The molecule has 1 heterocycles. The minimum Gasteiger partial charge on any atom is -0.481 e. The van der Waals surface area contributed by atoms with Gasteiger partial charge in [0.15, 0.2) is 0 Å². The summed E-state index contributed by atoms with van der Waals surface area (Å²) in [6.45, 7) is 8.37. The van der Waals surface area contributed by atoms with Crippen molar-refractivity contribution in [1.82, 2.24) is 9.97 Å². The Morgan fingerprint density at radius 3 is 2.63 bits per heavy atom. The van der Waals surface area contributed by atoms with Crippen LogP contribution in [0.3, 0.4) is 0 Å². The number of ether oxygens (including phenoxy) is 1. The number of aromatic nitrogens is 2. The van der Waals surface area contributed by atoms with Gasteiger partial charge in [-0.25, -0.2) is 4.98 Å². The van der Waals surface area contributed by atoms with Gasteiger partial charge in [0.25, 0.3) is 0 Å². The molecular formula is C14H22N2O3. The molecule has 0 aromatic carbocycles. The molecular weight excluding hydrogens is 244 g/mol. The van der Waals surface area contributed by atoms with Crippen LogP contribution in [0.5, 0.6) is 5.88 Å². The fourth-order valence-electron chi connectivity index (χ4n) is 1.79. The van der Waals surface area contributed by atoms with Gasteiger partial charge in [0.2, 0.25) is 5.88 Å². The zero-order chi connectivity index (χ0) is 14.4. The summed E-state index contributed by atoms with van der Waals surface area (Å²) < 4.78 is 5.47. The summed E-state index contributed by atoms with van der Waals surface area (Å²) in [5.41, 5.74) is 0.728. The van der Waals surface area contributed by atoms with Gasteiger partial charge in [0.05, 0.1) is 6.61 Å². The number of hydrogen-bond acceptors (Lipinski definition) is 4. The van der Waals surface area contributed by atoms with Gasteiger partial charge in [0, 0.05) is 11.8 Å². The lowest BCUT2D eigenvalue weighted by molar-refractivity contribution is -0.139. The third kappa shape index (κ3) is 4.85. The first-order chi connectivity index (χ1) is 8.93. The van der Waals surface area contributed by atoms with E-state index in [-0.39, 0.29) is 5.92 Å². The molecule has 0 amide bonds. The van der Waals surface area contributed by atoms with Gasteiger partial charge in [-0.2, -0.15) is 4.98 Å². The maximum absolute atomic E-state index is 11.4. The largest absolute Gasteiger partial charge is 0.481 e. The summed E-state index contributed by atoms with van der Waals surface area (Å²) in [5, 5.41) is 9.31. The molecule has 1 atom stereocenters. The van der Waals surface area contributed by atoms with E-state index in [4.69, 9.17) is 4.74 Å². The van der Waals surface area contributed by atoms with E-state index in [0.29, 0.717) is 24.7 Å². The van der Waals surface area contributed by atoms with Gasteiger partial charge in [-0.1, -0.05) is 20.8 Å². The maximum Gasteiger partial charge on any atom is 0.314 e. The van der Waals surface area contributed by atoms with Gasteiger partial charge in [-0.05, 0) is 25.7 Å². The molecule has 1 rings (SSSR count). The molecule has 0 bridgehead atoms. The Balaban J connectivity index is 3.01. The maximum atomic E-state index is 11.4. The van der Waals surface area contributed by atoms with E-state index >= 15 is 0 Å². The van der Waals surface area contributed by atoms with Crippen molar-refractivity contribution in [2.24, 2.45) is 5.92 Å². The first kappa shape index (κ1) is 15.4. The summed E-state index contributed by atoms with van der Waals surface area (Å²) in [7, 11) is 0. The van der Waals surface area contributed by atoms with E-state index < -0.39 is 11.9 Å². The number of rotatable bonds is 7. The summed E-state index contributed by atoms with van der Waals surface area (Å²) >= 11 is 0. The van der Waals surface area contributed by atoms with Crippen LogP contribution in [0.1, 0.15) is 51.0 Å². The highest BCUT2D eigenvalue weighted by Crippen LogP contribution is 2.23. The quantitative estimate of drug-likeness (QED) is 0.821. The van der Waals surface area contributed by atoms with Crippen molar-refractivity contribution in [1.29, 1.82) is 0 Å². The van der Waals surface area contributed by atoms with Crippen LogP contribution in [0.15, 0.2) is 6.07 Å². The monoisotopic (exact) mass is 266 g/mol. The first-order valence-corrected chi connectivity index (χ1v) is 6.65. The molecule has 1 aromatic rings. The van der Waals surface area contributed by atoms with Gasteiger partial charge in [-0.3, -0.25) is 4.79 Å². The first-order valence-electron chi connectivity index (χ1n) is 6.65. The van der Waals surface area contributed by atoms with Crippen molar-refractivity contribution < 1.29 is 14.6 Å². The minimum absolute atomic E-state index is 0.269. The lowest BCUT2D eigenvalue weighted by Gasteiger charge is -2.15. The molecule has 0 saturated heterocycles. The highest BCUT2D eigenvalue weighted by molar-refractivity contribution is 5.74. The van der Waals surface area contributed by atoms with Gasteiger partial charge in [0.1, 0.15) is 11.7 Å². The zero-order valence-corrected chi connectivity index (χ0v) is 12.0. The van der Waals surface area contributed by atoms with Crippen LogP contribution in [0.2, 0.25) is 0 Å². The van der Waals surface area contributed by atoms with E-state index in [1.807, 2.05) is 27.7 Å². The standard InChI is InChI=1S/C14H22N2O3/c1-5-6-19-12-8-10(4)15-13(16-12)11(14(17)18)7-9(2)3/h8-9,11H,5-7H2,1-4H3,(H,17,18). The molecule has 5 nitrogen and oxygen atoms in total. The molecule has 1 N–H and O–H groups in total. The Hall–Kier alpha value is -1.65. The molecule has 0 aliphatic heterocycles. The molecule has 0 fully saturated rings. The second-order valence-electron chi connectivity index (χ2n) is 5.07. The van der Waals surface area contributed by atoms with Crippen molar-refractivity contribution in [3.8, 4) is 5.88 Å². The van der Waals surface area contributed by atoms with E-state index in [1.165, 1.54) is 0 Å². The smallest absolute Gasteiger partial charge is 0.314 e. The van der Waals surface area contributed by atoms with E-state index in [0.717, 1.165) is 12.1 Å². The second kappa shape index (κ2) is 7.07. The molecule has 0 aliphatic rings. The van der Waals surface area contributed by atoms with Crippen LogP contribution in [-0.2, 0) is 4.79 Å². The molecule has 19 heavy (non-hydrogen) atoms. The van der Waals surface area contributed by atoms with Crippen LogP contribution in [-0.4, -0.2) is 27.7 Å². The topological polar surface area (TPSA) is 72.3 Å². The second-order valence-corrected chi connectivity index (χ2v) is 5.07. The van der Waals surface area contributed by atoms with Crippen LogP contribution in [0.25, 0.3) is 0 Å². The van der Waals surface area contributed by atoms with Crippen molar-refractivity contribution in [2.45, 2.75) is 46.5 Å². The summed E-state index contributed by atoms with van der Waals surface area (Å²) in [6, 6.07) is 1.73. The fraction of sp³-hybridized carbons (Fsp3) is 0.643. The summed E-state index contributed by atoms with van der Waals surface area (Å²) in [5.74, 6) is -0.499. The number of aryl methyl sites for hydroxylation is 1. The van der Waals surface area contributed by atoms with E-state index in [1.54, 1.807) is 6.07 Å². The number of carbonyl (C=O) groups is 1. The molecule has 0 radical (unpaired) electrons. The Bertz CT molecular complexity index is 433. The number of aliphatic carboxylic acids is 1. The Morgan fingerprint density at radius 1 is 1.42 bits per heavy atom. The third-order valence-corrected chi connectivity index (χ3v) is 2.62.